The number of rotatable bonds is 4. The maximum absolute atomic E-state index is 13.6. The fourth-order valence-electron chi connectivity index (χ4n) is 1.81. The molecule has 0 bridgehead atoms. The van der Waals surface area contributed by atoms with Gasteiger partial charge in [-0.15, -0.1) is 0 Å². The molecule has 0 radical (unpaired) electrons. The summed E-state index contributed by atoms with van der Waals surface area (Å²) in [5, 5.41) is 0. The first-order valence-electron chi connectivity index (χ1n) is 6.05. The van der Waals surface area contributed by atoms with Crippen LogP contribution in [0.25, 0.3) is 0 Å². The molecule has 0 saturated heterocycles. The van der Waals surface area contributed by atoms with Gasteiger partial charge in [0.2, 0.25) is 0 Å². The summed E-state index contributed by atoms with van der Waals surface area (Å²) in [6, 6.07) is 11.8. The van der Waals surface area contributed by atoms with Crippen molar-refractivity contribution >= 4 is 5.78 Å². The Balaban J connectivity index is 2.15. The molecule has 98 valence electrons. The van der Waals surface area contributed by atoms with E-state index in [0.29, 0.717) is 16.9 Å². The minimum absolute atomic E-state index is 0.0208. The third-order valence-electron chi connectivity index (χ3n) is 2.98. The van der Waals surface area contributed by atoms with Crippen molar-refractivity contribution in [2.75, 3.05) is 0 Å². The number of aryl methyl sites for hydroxylation is 1. The van der Waals surface area contributed by atoms with Gasteiger partial charge < -0.3 is 4.74 Å². The highest BCUT2D eigenvalue weighted by Gasteiger charge is 2.07. The standard InChI is InChI=1S/C16H15FO2/c1-11-5-3-8-16(17)15(11)10-19-14-7-4-6-13(9-14)12(2)18/h3-9H,10H2,1-2H3. The second-order valence-electron chi connectivity index (χ2n) is 4.41. The smallest absolute Gasteiger partial charge is 0.159 e. The number of Topliss-reactive ketones (excluding diaryl/α,β-unsaturated/α-hetero) is 1. The van der Waals surface area contributed by atoms with E-state index in [1.165, 1.54) is 13.0 Å². The van der Waals surface area contributed by atoms with Crippen molar-refractivity contribution in [3.63, 3.8) is 0 Å². The largest absolute Gasteiger partial charge is 0.489 e. The van der Waals surface area contributed by atoms with Crippen molar-refractivity contribution in [3.05, 3.63) is 65.0 Å². The van der Waals surface area contributed by atoms with Gasteiger partial charge in [-0.05, 0) is 37.6 Å². The van der Waals surface area contributed by atoms with E-state index in [-0.39, 0.29) is 18.2 Å². The van der Waals surface area contributed by atoms with Gasteiger partial charge in [-0.3, -0.25) is 4.79 Å². The van der Waals surface area contributed by atoms with Crippen molar-refractivity contribution in [2.24, 2.45) is 0 Å². The molecule has 0 aliphatic heterocycles. The van der Waals surface area contributed by atoms with E-state index in [2.05, 4.69) is 0 Å². The zero-order valence-electron chi connectivity index (χ0n) is 10.9. The normalized spacial score (nSPS) is 10.3. The Kier molecular flexibility index (Phi) is 3.95. The molecular weight excluding hydrogens is 243 g/mol. The van der Waals surface area contributed by atoms with Gasteiger partial charge >= 0.3 is 0 Å². The number of hydrogen-bond acceptors (Lipinski definition) is 2. The van der Waals surface area contributed by atoms with Crippen molar-refractivity contribution in [1.82, 2.24) is 0 Å². The lowest BCUT2D eigenvalue weighted by atomic mass is 10.1. The Morgan fingerprint density at radius 3 is 2.63 bits per heavy atom. The first-order chi connectivity index (χ1) is 9.08. The van der Waals surface area contributed by atoms with Gasteiger partial charge in [0, 0.05) is 11.1 Å². The average Bonchev–Trinajstić information content (AvgIpc) is 2.38. The van der Waals surface area contributed by atoms with Crippen molar-refractivity contribution < 1.29 is 13.9 Å². The number of carbonyl (C=O) groups is 1. The van der Waals surface area contributed by atoms with Crippen LogP contribution in [-0.4, -0.2) is 5.78 Å². The summed E-state index contributed by atoms with van der Waals surface area (Å²) in [6.45, 7) is 3.49. The lowest BCUT2D eigenvalue weighted by Gasteiger charge is -2.10. The molecule has 19 heavy (non-hydrogen) atoms. The molecule has 0 unspecified atom stereocenters. The van der Waals surface area contributed by atoms with Gasteiger partial charge in [0.05, 0.1) is 0 Å². The molecule has 0 fully saturated rings. The van der Waals surface area contributed by atoms with Crippen LogP contribution in [0.15, 0.2) is 42.5 Å². The van der Waals surface area contributed by atoms with E-state index >= 15 is 0 Å². The molecule has 0 atom stereocenters. The van der Waals surface area contributed by atoms with E-state index in [1.807, 2.05) is 13.0 Å². The third-order valence-corrected chi connectivity index (χ3v) is 2.98. The molecule has 0 aromatic heterocycles. The highest BCUT2D eigenvalue weighted by Crippen LogP contribution is 2.18. The molecule has 2 rings (SSSR count). The summed E-state index contributed by atoms with van der Waals surface area (Å²) in [5.41, 5.74) is 1.97. The zero-order valence-corrected chi connectivity index (χ0v) is 10.9. The van der Waals surface area contributed by atoms with Crippen LogP contribution < -0.4 is 4.74 Å². The molecule has 2 aromatic rings. The van der Waals surface area contributed by atoms with Crippen LogP contribution in [0.5, 0.6) is 5.75 Å². The minimum atomic E-state index is -0.275. The topological polar surface area (TPSA) is 26.3 Å². The quantitative estimate of drug-likeness (QED) is 0.777. The van der Waals surface area contributed by atoms with Crippen molar-refractivity contribution in [2.45, 2.75) is 20.5 Å². The molecule has 0 amide bonds. The monoisotopic (exact) mass is 258 g/mol. The molecule has 0 saturated carbocycles. The molecule has 0 heterocycles. The fraction of sp³-hybridized carbons (Fsp3) is 0.188. The van der Waals surface area contributed by atoms with Gasteiger partial charge in [0.15, 0.2) is 5.78 Å². The molecule has 0 spiro atoms. The minimum Gasteiger partial charge on any atom is -0.489 e. The molecule has 3 heteroatoms. The fourth-order valence-corrected chi connectivity index (χ4v) is 1.81. The first kappa shape index (κ1) is 13.3. The predicted octanol–water partition coefficient (Wildman–Crippen LogP) is 3.92. The molecule has 0 aliphatic rings. The van der Waals surface area contributed by atoms with E-state index in [4.69, 9.17) is 4.74 Å². The maximum Gasteiger partial charge on any atom is 0.159 e. The summed E-state index contributed by atoms with van der Waals surface area (Å²) in [6.07, 6.45) is 0. The van der Waals surface area contributed by atoms with Crippen molar-refractivity contribution in [1.29, 1.82) is 0 Å². The van der Waals surface area contributed by atoms with E-state index in [9.17, 15) is 9.18 Å². The molecule has 2 aromatic carbocycles. The van der Waals surface area contributed by atoms with Gasteiger partial charge in [-0.1, -0.05) is 24.3 Å². The van der Waals surface area contributed by atoms with E-state index in [0.717, 1.165) is 5.56 Å². The Bertz CT molecular complexity index is 585. The maximum atomic E-state index is 13.6. The van der Waals surface area contributed by atoms with E-state index in [1.54, 1.807) is 30.3 Å². The zero-order chi connectivity index (χ0) is 13.8. The Hall–Kier alpha value is -2.16. The lowest BCUT2D eigenvalue weighted by Crippen LogP contribution is -2.02. The van der Waals surface area contributed by atoms with Crippen LogP contribution in [0, 0.1) is 12.7 Å². The van der Waals surface area contributed by atoms with Crippen LogP contribution in [0.1, 0.15) is 28.4 Å². The molecule has 0 N–H and O–H groups in total. The lowest BCUT2D eigenvalue weighted by molar-refractivity contribution is 0.101. The number of benzene rings is 2. The highest BCUT2D eigenvalue weighted by atomic mass is 19.1. The second-order valence-corrected chi connectivity index (χ2v) is 4.41. The molecule has 0 aliphatic carbocycles. The number of carbonyl (C=O) groups excluding carboxylic acids is 1. The van der Waals surface area contributed by atoms with Gasteiger partial charge in [-0.2, -0.15) is 0 Å². The summed E-state index contributed by atoms with van der Waals surface area (Å²) >= 11 is 0. The van der Waals surface area contributed by atoms with Gasteiger partial charge in [-0.25, -0.2) is 4.39 Å². The third kappa shape index (κ3) is 3.19. The van der Waals surface area contributed by atoms with E-state index < -0.39 is 0 Å². The van der Waals surface area contributed by atoms with Crippen molar-refractivity contribution in [3.8, 4) is 5.75 Å². The van der Waals surface area contributed by atoms with Crippen LogP contribution in [0.3, 0.4) is 0 Å². The number of ketones is 1. The Morgan fingerprint density at radius 2 is 1.95 bits per heavy atom. The first-order valence-corrected chi connectivity index (χ1v) is 6.05. The highest BCUT2D eigenvalue weighted by molar-refractivity contribution is 5.94. The molecular formula is C16H15FO2. The van der Waals surface area contributed by atoms with Gasteiger partial charge in [0.25, 0.3) is 0 Å². The summed E-state index contributed by atoms with van der Waals surface area (Å²) in [4.78, 5) is 11.3. The van der Waals surface area contributed by atoms with Crippen LogP contribution in [0.2, 0.25) is 0 Å². The Morgan fingerprint density at radius 1 is 1.21 bits per heavy atom. The SMILES string of the molecule is CC(=O)c1cccc(OCc2c(C)cccc2F)c1. The second kappa shape index (κ2) is 5.65. The average molecular weight is 258 g/mol. The summed E-state index contributed by atoms with van der Waals surface area (Å²) in [7, 11) is 0. The number of ether oxygens (including phenoxy) is 1. The number of halogens is 1. The predicted molar refractivity (Wildman–Crippen MR) is 71.9 cm³/mol. The Labute approximate surface area is 111 Å². The van der Waals surface area contributed by atoms with Gasteiger partial charge in [0.1, 0.15) is 18.2 Å². The summed E-state index contributed by atoms with van der Waals surface area (Å²) < 4.78 is 19.2. The number of hydrogen-bond donors (Lipinski definition) is 0. The molecule has 2 nitrogen and oxygen atoms in total. The summed E-state index contributed by atoms with van der Waals surface area (Å²) in [5.74, 6) is 0.269. The van der Waals surface area contributed by atoms with Crippen LogP contribution in [0.4, 0.5) is 4.39 Å². The van der Waals surface area contributed by atoms with Crippen LogP contribution >= 0.6 is 0 Å². The van der Waals surface area contributed by atoms with Crippen LogP contribution in [-0.2, 0) is 6.61 Å².